The molecule has 0 N–H and O–H groups in total. The molecule has 1 aliphatic carbocycles. The predicted molar refractivity (Wildman–Crippen MR) is 54.6 cm³/mol. The van der Waals surface area contributed by atoms with Crippen molar-refractivity contribution in [3.05, 3.63) is 23.7 Å². The van der Waals surface area contributed by atoms with E-state index in [9.17, 15) is 0 Å². The van der Waals surface area contributed by atoms with Crippen LogP contribution in [0, 0.1) is 5.92 Å². The molecular formula is C7H9BBr2. The van der Waals surface area contributed by atoms with Crippen molar-refractivity contribution in [3.63, 3.8) is 0 Å². The maximum atomic E-state index is 3.45. The summed E-state index contributed by atoms with van der Waals surface area (Å²) in [6.07, 6.45) is 7.90. The Hall–Kier alpha value is 0.505. The van der Waals surface area contributed by atoms with Crippen LogP contribution in [-0.4, -0.2) is 4.36 Å². The minimum absolute atomic E-state index is 0.327. The molecule has 10 heavy (non-hydrogen) atoms. The van der Waals surface area contributed by atoms with E-state index in [2.05, 4.69) is 56.7 Å². The first kappa shape index (κ1) is 8.60. The molecule has 0 fully saturated rings. The number of hydrogen-bond donors (Lipinski definition) is 0. The molecule has 1 atom stereocenters. The fraction of sp³-hybridized carbons (Fsp3) is 0.429. The maximum Gasteiger partial charge on any atom is 0.329 e. The van der Waals surface area contributed by atoms with Crippen molar-refractivity contribution in [2.45, 2.75) is 13.3 Å². The SMILES string of the molecule is CCC1C=CC(B(Br)Br)=C1. The van der Waals surface area contributed by atoms with E-state index in [1.807, 2.05) is 0 Å². The Bertz CT molecular complexity index is 172. The maximum absolute atomic E-state index is 3.45. The van der Waals surface area contributed by atoms with Crippen molar-refractivity contribution in [1.82, 2.24) is 0 Å². The van der Waals surface area contributed by atoms with Crippen molar-refractivity contribution < 1.29 is 0 Å². The fourth-order valence-corrected chi connectivity index (χ4v) is 1.60. The molecule has 1 unspecified atom stereocenters. The summed E-state index contributed by atoms with van der Waals surface area (Å²) in [6.45, 7) is 2.20. The normalized spacial score (nSPS) is 23.1. The second-order valence-electron chi connectivity index (χ2n) is 2.40. The van der Waals surface area contributed by atoms with Gasteiger partial charge in [0.05, 0.1) is 0 Å². The van der Waals surface area contributed by atoms with Gasteiger partial charge >= 0.3 is 4.36 Å². The Kier molecular flexibility index (Phi) is 3.24. The molecule has 1 rings (SSSR count). The van der Waals surface area contributed by atoms with Crippen molar-refractivity contribution >= 4 is 35.9 Å². The lowest BCUT2D eigenvalue weighted by Gasteiger charge is -1.97. The highest BCUT2D eigenvalue weighted by atomic mass is 79.9. The quantitative estimate of drug-likeness (QED) is 0.671. The summed E-state index contributed by atoms with van der Waals surface area (Å²) in [5.74, 6) is 0.660. The fourth-order valence-electron chi connectivity index (χ4n) is 0.992. The van der Waals surface area contributed by atoms with Gasteiger partial charge in [0.1, 0.15) is 0 Å². The van der Waals surface area contributed by atoms with Gasteiger partial charge in [0, 0.05) is 0 Å². The molecule has 0 nitrogen and oxygen atoms in total. The molecule has 0 spiro atoms. The summed E-state index contributed by atoms with van der Waals surface area (Å²) in [6, 6.07) is 0. The lowest BCUT2D eigenvalue weighted by Crippen LogP contribution is -1.93. The van der Waals surface area contributed by atoms with Crippen LogP contribution in [0.2, 0.25) is 0 Å². The largest absolute Gasteiger partial charge is 0.329 e. The van der Waals surface area contributed by atoms with Gasteiger partial charge in [-0.05, 0) is 12.3 Å². The number of halogens is 2. The topological polar surface area (TPSA) is 0 Å². The van der Waals surface area contributed by atoms with E-state index < -0.39 is 0 Å². The molecule has 3 heteroatoms. The van der Waals surface area contributed by atoms with E-state index in [0.717, 1.165) is 0 Å². The van der Waals surface area contributed by atoms with Crippen molar-refractivity contribution in [3.8, 4) is 0 Å². The third-order valence-electron chi connectivity index (χ3n) is 1.67. The van der Waals surface area contributed by atoms with Gasteiger partial charge in [-0.2, -0.15) is 0 Å². The van der Waals surface area contributed by atoms with Gasteiger partial charge in [-0.15, -0.1) is 31.5 Å². The molecule has 0 heterocycles. The summed E-state index contributed by atoms with van der Waals surface area (Å²) in [7, 11) is 0. The van der Waals surface area contributed by atoms with E-state index in [4.69, 9.17) is 0 Å². The first-order valence-electron chi connectivity index (χ1n) is 3.42. The number of rotatable bonds is 2. The van der Waals surface area contributed by atoms with Crippen LogP contribution < -0.4 is 0 Å². The number of allylic oxidation sites excluding steroid dienone is 4. The van der Waals surface area contributed by atoms with Crippen LogP contribution in [-0.2, 0) is 0 Å². The van der Waals surface area contributed by atoms with Crippen LogP contribution >= 0.6 is 31.5 Å². The molecule has 0 aromatic heterocycles. The minimum Gasteiger partial charge on any atom is -0.132 e. The second kappa shape index (κ2) is 3.77. The standard InChI is InChI=1S/C7H9BBr2/c1-2-6-3-4-7(5-6)8(9)10/h3-6H,2H2,1H3. The van der Waals surface area contributed by atoms with Gasteiger partial charge in [-0.25, -0.2) is 0 Å². The van der Waals surface area contributed by atoms with Crippen LogP contribution in [0.15, 0.2) is 23.7 Å². The van der Waals surface area contributed by atoms with Crippen LogP contribution in [0.3, 0.4) is 0 Å². The predicted octanol–water partition coefficient (Wildman–Crippen LogP) is 3.33. The van der Waals surface area contributed by atoms with E-state index in [1.54, 1.807) is 0 Å². The first-order chi connectivity index (χ1) is 4.74. The molecule has 0 radical (unpaired) electrons. The Balaban J connectivity index is 2.59. The molecule has 0 aromatic carbocycles. The monoisotopic (exact) mass is 262 g/mol. The van der Waals surface area contributed by atoms with E-state index >= 15 is 0 Å². The van der Waals surface area contributed by atoms with Gasteiger partial charge in [-0.3, -0.25) is 0 Å². The molecule has 0 aromatic rings. The summed E-state index contributed by atoms with van der Waals surface area (Å²) >= 11 is 6.91. The summed E-state index contributed by atoms with van der Waals surface area (Å²) in [5.41, 5.74) is 1.34. The number of hydrogen-bond acceptors (Lipinski definition) is 0. The zero-order chi connectivity index (χ0) is 7.56. The highest BCUT2D eigenvalue weighted by Crippen LogP contribution is 2.25. The smallest absolute Gasteiger partial charge is 0.132 e. The Morgan fingerprint density at radius 2 is 2.30 bits per heavy atom. The third-order valence-corrected chi connectivity index (χ3v) is 2.72. The molecular weight excluding hydrogens is 255 g/mol. The highest BCUT2D eigenvalue weighted by molar-refractivity contribution is 9.49. The summed E-state index contributed by atoms with van der Waals surface area (Å²) in [5, 5.41) is 0. The van der Waals surface area contributed by atoms with E-state index in [-0.39, 0.29) is 0 Å². The van der Waals surface area contributed by atoms with Crippen molar-refractivity contribution in [2.24, 2.45) is 5.92 Å². The second-order valence-corrected chi connectivity index (χ2v) is 5.46. The van der Waals surface area contributed by atoms with Gasteiger partial charge in [0.25, 0.3) is 0 Å². The van der Waals surface area contributed by atoms with Gasteiger partial charge in [0.15, 0.2) is 0 Å². The molecule has 0 bridgehead atoms. The van der Waals surface area contributed by atoms with Crippen LogP contribution in [0.4, 0.5) is 0 Å². The molecule has 0 aliphatic heterocycles. The van der Waals surface area contributed by atoms with E-state index in [0.29, 0.717) is 10.3 Å². The average molecular weight is 264 g/mol. The van der Waals surface area contributed by atoms with Crippen LogP contribution in [0.1, 0.15) is 13.3 Å². The highest BCUT2D eigenvalue weighted by Gasteiger charge is 2.14. The molecule has 0 saturated heterocycles. The first-order valence-corrected chi connectivity index (χ1v) is 5.25. The average Bonchev–Trinajstić information content (AvgIpc) is 2.34. The Morgan fingerprint density at radius 1 is 1.60 bits per heavy atom. The molecule has 0 saturated carbocycles. The van der Waals surface area contributed by atoms with Crippen molar-refractivity contribution in [1.29, 1.82) is 0 Å². The minimum atomic E-state index is 0.327. The van der Waals surface area contributed by atoms with Crippen LogP contribution in [0.5, 0.6) is 0 Å². The summed E-state index contributed by atoms with van der Waals surface area (Å²) in [4.78, 5) is 0. The van der Waals surface area contributed by atoms with Gasteiger partial charge < -0.3 is 0 Å². The zero-order valence-electron chi connectivity index (χ0n) is 5.85. The molecule has 0 amide bonds. The third kappa shape index (κ3) is 1.99. The van der Waals surface area contributed by atoms with Gasteiger partial charge in [0.2, 0.25) is 0 Å². The lowest BCUT2D eigenvalue weighted by molar-refractivity contribution is 0.784. The van der Waals surface area contributed by atoms with E-state index in [1.165, 1.54) is 11.9 Å². The Morgan fingerprint density at radius 3 is 2.60 bits per heavy atom. The van der Waals surface area contributed by atoms with Crippen molar-refractivity contribution in [2.75, 3.05) is 0 Å². The van der Waals surface area contributed by atoms with Crippen LogP contribution in [0.25, 0.3) is 0 Å². The summed E-state index contributed by atoms with van der Waals surface area (Å²) < 4.78 is 0.327. The zero-order valence-corrected chi connectivity index (χ0v) is 9.02. The molecule has 1 aliphatic rings. The molecule has 54 valence electrons. The van der Waals surface area contributed by atoms with Gasteiger partial charge in [-0.1, -0.05) is 30.6 Å². The Labute approximate surface area is 78.8 Å². The lowest BCUT2D eigenvalue weighted by atomic mass is 9.95.